The Morgan fingerprint density at radius 2 is 0.656 bits per heavy atom. The number of benzene rings is 6. The van der Waals surface area contributed by atoms with E-state index in [-0.39, 0.29) is 21.7 Å². The van der Waals surface area contributed by atoms with Crippen LogP contribution in [0.5, 0.6) is 0 Å². The predicted molar refractivity (Wildman–Crippen MR) is 267 cm³/mol. The first-order valence-corrected chi connectivity index (χ1v) is 23.3. The molecule has 318 valence electrons. The van der Waals surface area contributed by atoms with E-state index in [9.17, 15) is 0 Å². The molecule has 0 saturated carbocycles. The molecule has 0 N–H and O–H groups in total. The third-order valence-electron chi connectivity index (χ3n) is 12.4. The van der Waals surface area contributed by atoms with Crippen LogP contribution in [0.3, 0.4) is 0 Å². The maximum Gasteiger partial charge on any atom is 0.0242 e. The standard InChI is InChI=1S/C60H72S/c1-37-29-47(57(7,8)9)53(48(30-37)58(10,11)12)51-41(5)33-39(3)45(35-43-25-21-19-22-26-43)55(51)61-56-46(36-44-27-23-20-24-28-44)40(4)34-42(6)52(56)54-49(59(13,14)15)31-38(2)32-50(54)60(16,17)18/h19-32H,35-36H2,1-18H3. The van der Waals surface area contributed by atoms with Gasteiger partial charge in [-0.2, -0.15) is 0 Å². The normalized spacial score (nSPS) is 12.6. The van der Waals surface area contributed by atoms with Crippen LogP contribution >= 0.6 is 11.8 Å². The molecule has 6 aromatic rings. The van der Waals surface area contributed by atoms with Gasteiger partial charge in [0.25, 0.3) is 0 Å². The van der Waals surface area contributed by atoms with Crippen molar-refractivity contribution >= 4 is 11.8 Å². The van der Waals surface area contributed by atoms with Crippen LogP contribution in [0.1, 0.15) is 161 Å². The second-order valence-electron chi connectivity index (χ2n) is 22.0. The first-order chi connectivity index (χ1) is 28.3. The highest BCUT2D eigenvalue weighted by atomic mass is 32.2. The van der Waals surface area contributed by atoms with Crippen molar-refractivity contribution in [1.82, 2.24) is 0 Å². The van der Waals surface area contributed by atoms with Gasteiger partial charge < -0.3 is 0 Å². The molecule has 0 fully saturated rings. The lowest BCUT2D eigenvalue weighted by Crippen LogP contribution is -2.21. The van der Waals surface area contributed by atoms with E-state index in [2.05, 4.69) is 222 Å². The zero-order valence-corrected chi connectivity index (χ0v) is 41.7. The van der Waals surface area contributed by atoms with Crippen molar-refractivity contribution in [2.75, 3.05) is 0 Å². The molecule has 1 heteroatoms. The molecule has 0 nitrogen and oxygen atoms in total. The monoisotopic (exact) mass is 825 g/mol. The smallest absolute Gasteiger partial charge is 0.0242 e. The zero-order valence-electron chi connectivity index (χ0n) is 40.9. The minimum Gasteiger partial charge on any atom is -0.0881 e. The molecule has 6 rings (SSSR count). The van der Waals surface area contributed by atoms with Gasteiger partial charge in [-0.25, -0.2) is 0 Å². The second kappa shape index (κ2) is 17.1. The van der Waals surface area contributed by atoms with Gasteiger partial charge in [0.2, 0.25) is 0 Å². The van der Waals surface area contributed by atoms with Crippen LogP contribution in [-0.2, 0) is 34.5 Å². The van der Waals surface area contributed by atoms with Gasteiger partial charge in [0, 0.05) is 20.9 Å². The van der Waals surface area contributed by atoms with Crippen molar-refractivity contribution in [2.24, 2.45) is 0 Å². The van der Waals surface area contributed by atoms with E-state index in [1.807, 2.05) is 11.8 Å². The van der Waals surface area contributed by atoms with Crippen molar-refractivity contribution in [2.45, 2.75) is 169 Å². The summed E-state index contributed by atoms with van der Waals surface area (Å²) >= 11 is 2.02. The van der Waals surface area contributed by atoms with Gasteiger partial charge >= 0.3 is 0 Å². The third-order valence-corrected chi connectivity index (χ3v) is 13.7. The highest BCUT2D eigenvalue weighted by molar-refractivity contribution is 7.99. The van der Waals surface area contributed by atoms with Gasteiger partial charge in [0.1, 0.15) is 0 Å². The zero-order chi connectivity index (χ0) is 45.0. The predicted octanol–water partition coefficient (Wildman–Crippen LogP) is 17.0. The molecule has 0 aliphatic rings. The van der Waals surface area contributed by atoms with E-state index in [0.717, 1.165) is 12.8 Å². The van der Waals surface area contributed by atoms with Crippen LogP contribution in [0.15, 0.2) is 94.7 Å². The molecule has 0 aliphatic carbocycles. The fourth-order valence-electron chi connectivity index (χ4n) is 9.25. The number of rotatable bonds is 8. The fourth-order valence-corrected chi connectivity index (χ4v) is 10.9. The van der Waals surface area contributed by atoms with Gasteiger partial charge in [0.05, 0.1) is 0 Å². The molecule has 0 spiro atoms. The topological polar surface area (TPSA) is 0 Å². The second-order valence-corrected chi connectivity index (χ2v) is 23.0. The number of aryl methyl sites for hydroxylation is 6. The van der Waals surface area contributed by atoms with Gasteiger partial charge in [-0.1, -0.05) is 191 Å². The molecular formula is C60H72S. The summed E-state index contributed by atoms with van der Waals surface area (Å²) in [6.07, 6.45) is 1.65. The van der Waals surface area contributed by atoms with Gasteiger partial charge in [0.15, 0.2) is 0 Å². The molecule has 0 heterocycles. The number of hydrogen-bond acceptors (Lipinski definition) is 1. The summed E-state index contributed by atoms with van der Waals surface area (Å²) in [4.78, 5) is 2.69. The Labute approximate surface area is 376 Å². The van der Waals surface area contributed by atoms with Gasteiger partial charge in [-0.15, -0.1) is 0 Å². The SMILES string of the molecule is Cc1cc(C(C)(C)C)c(-c2c(C)[c]c(C)c(Cc3ccccc3)c2Sc2c(Cc3ccccc3)c(C)[c]c(C)c2-c2c(C(C)(C)C)cc(C)cc2C(C)(C)C)c(C(C)(C)C)c1. The maximum atomic E-state index is 3.99. The third kappa shape index (κ3) is 9.84. The highest BCUT2D eigenvalue weighted by Gasteiger charge is 2.34. The summed E-state index contributed by atoms with van der Waals surface area (Å²) in [5.41, 5.74) is 23.4. The van der Waals surface area contributed by atoms with Crippen LogP contribution in [-0.4, -0.2) is 0 Å². The largest absolute Gasteiger partial charge is 0.0881 e. The fraction of sp³-hybridized carbons (Fsp3) is 0.400. The Hall–Kier alpha value is -4.33. The van der Waals surface area contributed by atoms with Crippen molar-refractivity contribution in [3.05, 3.63) is 175 Å². The first-order valence-electron chi connectivity index (χ1n) is 22.5. The average Bonchev–Trinajstić information content (AvgIpc) is 3.14. The Morgan fingerprint density at radius 3 is 0.918 bits per heavy atom. The van der Waals surface area contributed by atoms with E-state index in [1.165, 1.54) is 110 Å². The minimum absolute atomic E-state index is 0.0934. The Kier molecular flexibility index (Phi) is 12.9. The summed E-state index contributed by atoms with van der Waals surface area (Å²) in [5, 5.41) is 0. The minimum atomic E-state index is -0.0934. The van der Waals surface area contributed by atoms with Gasteiger partial charge in [-0.3, -0.25) is 0 Å². The van der Waals surface area contributed by atoms with Crippen molar-refractivity contribution in [3.8, 4) is 22.3 Å². The Morgan fingerprint density at radius 1 is 0.377 bits per heavy atom. The Bertz CT molecular complexity index is 2300. The lowest BCUT2D eigenvalue weighted by molar-refractivity contribution is 0.570. The summed E-state index contributed by atoms with van der Waals surface area (Å²) in [6.45, 7) is 42.4. The van der Waals surface area contributed by atoms with E-state index in [4.69, 9.17) is 0 Å². The van der Waals surface area contributed by atoms with Gasteiger partial charge in [-0.05, 0) is 166 Å². The molecule has 0 bridgehead atoms. The quantitative estimate of drug-likeness (QED) is 0.147. The molecule has 0 aromatic heterocycles. The number of hydrogen-bond donors (Lipinski definition) is 0. The molecule has 61 heavy (non-hydrogen) atoms. The van der Waals surface area contributed by atoms with E-state index in [1.54, 1.807) is 0 Å². The molecule has 0 saturated heterocycles. The van der Waals surface area contributed by atoms with Crippen molar-refractivity contribution in [1.29, 1.82) is 0 Å². The van der Waals surface area contributed by atoms with Crippen molar-refractivity contribution in [3.63, 3.8) is 0 Å². The van der Waals surface area contributed by atoms with Crippen LogP contribution in [0.2, 0.25) is 0 Å². The van der Waals surface area contributed by atoms with Crippen LogP contribution in [0, 0.1) is 53.7 Å². The average molecular weight is 825 g/mol. The van der Waals surface area contributed by atoms with Crippen LogP contribution < -0.4 is 0 Å². The molecule has 6 aromatic carbocycles. The lowest BCUT2D eigenvalue weighted by Gasteiger charge is -2.34. The van der Waals surface area contributed by atoms with Crippen LogP contribution in [0.25, 0.3) is 22.3 Å². The summed E-state index contributed by atoms with van der Waals surface area (Å²) in [5.74, 6) is 0. The molecular weight excluding hydrogens is 753 g/mol. The van der Waals surface area contributed by atoms with Crippen LogP contribution in [0.4, 0.5) is 0 Å². The molecule has 0 amide bonds. The Balaban J connectivity index is 1.87. The first kappa shape index (κ1) is 46.2. The lowest BCUT2D eigenvalue weighted by atomic mass is 9.72. The molecule has 0 aliphatic heterocycles. The summed E-state index contributed by atoms with van der Waals surface area (Å²) in [6, 6.07) is 40.0. The summed E-state index contributed by atoms with van der Waals surface area (Å²) < 4.78 is 0. The molecule has 0 unspecified atom stereocenters. The maximum absolute atomic E-state index is 3.99. The summed E-state index contributed by atoms with van der Waals surface area (Å²) in [7, 11) is 0. The molecule has 0 atom stereocenters. The van der Waals surface area contributed by atoms with E-state index >= 15 is 0 Å². The molecule has 2 radical (unpaired) electrons. The van der Waals surface area contributed by atoms with E-state index < -0.39 is 0 Å². The highest BCUT2D eigenvalue weighted by Crippen LogP contribution is 2.54. The van der Waals surface area contributed by atoms with E-state index in [0.29, 0.717) is 0 Å². The van der Waals surface area contributed by atoms with Crippen molar-refractivity contribution < 1.29 is 0 Å².